The van der Waals surface area contributed by atoms with E-state index in [1.807, 2.05) is 36.4 Å². The quantitative estimate of drug-likeness (QED) is 0.562. The SMILES string of the molecule is COc1ccc(-c2ccc(N3CCC(C(=O)Nc4ccc(Cl)c(Cl)c4)CC3)nn2)cc1. The topological polar surface area (TPSA) is 67.3 Å². The third kappa shape index (κ3) is 5.09. The van der Waals surface area contributed by atoms with Crippen molar-refractivity contribution in [2.75, 3.05) is 30.4 Å². The standard InChI is InChI=1S/C23H22Cl2N4O2/c1-31-18-5-2-15(3-6-18)21-8-9-22(28-27-21)29-12-10-16(11-13-29)23(30)26-17-4-7-19(24)20(25)14-17/h2-9,14,16H,10-13H2,1H3,(H,26,30). The molecule has 0 unspecified atom stereocenters. The monoisotopic (exact) mass is 456 g/mol. The smallest absolute Gasteiger partial charge is 0.227 e. The van der Waals surface area contributed by atoms with Gasteiger partial charge in [0.15, 0.2) is 5.82 Å². The summed E-state index contributed by atoms with van der Waals surface area (Å²) in [5.74, 6) is 1.57. The number of nitrogens with one attached hydrogen (secondary N) is 1. The van der Waals surface area contributed by atoms with E-state index >= 15 is 0 Å². The average Bonchev–Trinajstić information content (AvgIpc) is 2.82. The molecule has 1 saturated heterocycles. The molecule has 0 saturated carbocycles. The lowest BCUT2D eigenvalue weighted by Crippen LogP contribution is -2.38. The number of benzene rings is 2. The Morgan fingerprint density at radius 1 is 1.00 bits per heavy atom. The summed E-state index contributed by atoms with van der Waals surface area (Å²) >= 11 is 12.0. The van der Waals surface area contributed by atoms with Crippen LogP contribution in [0.1, 0.15) is 12.8 Å². The fourth-order valence-corrected chi connectivity index (χ4v) is 3.90. The Labute approximate surface area is 191 Å². The highest BCUT2D eigenvalue weighted by molar-refractivity contribution is 6.42. The van der Waals surface area contributed by atoms with Crippen LogP contribution < -0.4 is 15.0 Å². The largest absolute Gasteiger partial charge is 0.497 e. The second-order valence-corrected chi connectivity index (χ2v) is 8.20. The Morgan fingerprint density at radius 3 is 2.35 bits per heavy atom. The normalized spacial score (nSPS) is 14.4. The van der Waals surface area contributed by atoms with E-state index in [1.165, 1.54) is 0 Å². The molecule has 1 fully saturated rings. The Kier molecular flexibility index (Phi) is 6.59. The number of amides is 1. The van der Waals surface area contributed by atoms with Gasteiger partial charge in [-0.25, -0.2) is 0 Å². The number of hydrogen-bond donors (Lipinski definition) is 1. The van der Waals surface area contributed by atoms with Crippen molar-refractivity contribution >= 4 is 40.6 Å². The maximum absolute atomic E-state index is 12.6. The molecule has 0 atom stereocenters. The van der Waals surface area contributed by atoms with E-state index in [1.54, 1.807) is 25.3 Å². The Morgan fingerprint density at radius 2 is 1.74 bits per heavy atom. The number of halogens is 2. The van der Waals surface area contributed by atoms with E-state index in [0.717, 1.165) is 48.8 Å². The maximum atomic E-state index is 12.6. The van der Waals surface area contributed by atoms with Gasteiger partial charge in [-0.3, -0.25) is 4.79 Å². The minimum atomic E-state index is -0.0581. The van der Waals surface area contributed by atoms with Crippen LogP contribution in [0.4, 0.5) is 11.5 Å². The number of ether oxygens (including phenoxy) is 1. The molecule has 6 nitrogen and oxygen atoms in total. The Bertz CT molecular complexity index is 1050. The molecule has 0 spiro atoms. The second kappa shape index (κ2) is 9.54. The van der Waals surface area contributed by atoms with Gasteiger partial charge in [-0.05, 0) is 67.4 Å². The molecule has 1 aliphatic rings. The zero-order valence-electron chi connectivity index (χ0n) is 17.0. The highest BCUT2D eigenvalue weighted by Gasteiger charge is 2.26. The van der Waals surface area contributed by atoms with Crippen molar-refractivity contribution in [3.63, 3.8) is 0 Å². The number of carbonyl (C=O) groups excluding carboxylic acids is 1. The molecule has 2 heterocycles. The van der Waals surface area contributed by atoms with Gasteiger partial charge >= 0.3 is 0 Å². The van der Waals surface area contributed by atoms with E-state index < -0.39 is 0 Å². The molecule has 4 rings (SSSR count). The van der Waals surface area contributed by atoms with Crippen LogP contribution in [0.15, 0.2) is 54.6 Å². The molecular formula is C23H22Cl2N4O2. The van der Waals surface area contributed by atoms with Crippen LogP contribution in [-0.4, -0.2) is 36.3 Å². The second-order valence-electron chi connectivity index (χ2n) is 7.38. The lowest BCUT2D eigenvalue weighted by Gasteiger charge is -2.31. The van der Waals surface area contributed by atoms with E-state index in [0.29, 0.717) is 15.7 Å². The molecule has 0 aliphatic carbocycles. The molecule has 1 aliphatic heterocycles. The summed E-state index contributed by atoms with van der Waals surface area (Å²) in [6, 6.07) is 16.8. The van der Waals surface area contributed by atoms with E-state index in [4.69, 9.17) is 27.9 Å². The third-order valence-corrected chi connectivity index (χ3v) is 6.15. The van der Waals surface area contributed by atoms with Gasteiger partial charge in [-0.2, -0.15) is 0 Å². The zero-order chi connectivity index (χ0) is 21.8. The minimum Gasteiger partial charge on any atom is -0.497 e. The maximum Gasteiger partial charge on any atom is 0.227 e. The first-order valence-electron chi connectivity index (χ1n) is 10.0. The van der Waals surface area contributed by atoms with Gasteiger partial charge in [0.05, 0.1) is 22.8 Å². The van der Waals surface area contributed by atoms with Gasteiger partial charge in [0.25, 0.3) is 0 Å². The first-order valence-corrected chi connectivity index (χ1v) is 10.8. The van der Waals surface area contributed by atoms with Gasteiger partial charge in [0, 0.05) is 30.3 Å². The number of rotatable bonds is 5. The minimum absolute atomic E-state index is 0.000947. The van der Waals surface area contributed by atoms with Crippen molar-refractivity contribution in [1.29, 1.82) is 0 Å². The van der Waals surface area contributed by atoms with Crippen LogP contribution in [0, 0.1) is 5.92 Å². The molecule has 1 N–H and O–H groups in total. The fourth-order valence-electron chi connectivity index (χ4n) is 3.60. The third-order valence-electron chi connectivity index (χ3n) is 5.41. The molecule has 160 valence electrons. The van der Waals surface area contributed by atoms with Crippen LogP contribution in [0.5, 0.6) is 5.75 Å². The first kappa shape index (κ1) is 21.4. The van der Waals surface area contributed by atoms with Crippen molar-refractivity contribution in [3.05, 3.63) is 64.6 Å². The molecule has 1 amide bonds. The lowest BCUT2D eigenvalue weighted by molar-refractivity contribution is -0.120. The van der Waals surface area contributed by atoms with Crippen molar-refractivity contribution in [2.24, 2.45) is 5.92 Å². The first-order chi connectivity index (χ1) is 15.0. The van der Waals surface area contributed by atoms with Gasteiger partial charge in [-0.1, -0.05) is 23.2 Å². The Hall–Kier alpha value is -2.83. The van der Waals surface area contributed by atoms with Crippen molar-refractivity contribution in [3.8, 4) is 17.0 Å². The highest BCUT2D eigenvalue weighted by atomic mass is 35.5. The van der Waals surface area contributed by atoms with Gasteiger partial charge in [0.1, 0.15) is 5.75 Å². The highest BCUT2D eigenvalue weighted by Crippen LogP contribution is 2.27. The summed E-state index contributed by atoms with van der Waals surface area (Å²) in [6.07, 6.45) is 1.49. The number of hydrogen-bond acceptors (Lipinski definition) is 5. The van der Waals surface area contributed by atoms with Crippen LogP contribution in [-0.2, 0) is 4.79 Å². The lowest BCUT2D eigenvalue weighted by atomic mass is 9.96. The molecule has 0 radical (unpaired) electrons. The number of anilines is 2. The summed E-state index contributed by atoms with van der Waals surface area (Å²) < 4.78 is 5.19. The van der Waals surface area contributed by atoms with E-state index in [2.05, 4.69) is 20.4 Å². The summed E-state index contributed by atoms with van der Waals surface area (Å²) in [5, 5.41) is 12.6. The van der Waals surface area contributed by atoms with Crippen molar-refractivity contribution in [1.82, 2.24) is 10.2 Å². The molecule has 31 heavy (non-hydrogen) atoms. The zero-order valence-corrected chi connectivity index (χ0v) is 18.5. The van der Waals surface area contributed by atoms with Crippen molar-refractivity contribution < 1.29 is 9.53 Å². The van der Waals surface area contributed by atoms with E-state index in [-0.39, 0.29) is 11.8 Å². The Balaban J connectivity index is 1.33. The molecule has 0 bridgehead atoms. The number of piperidine rings is 1. The molecule has 1 aromatic heterocycles. The van der Waals surface area contributed by atoms with Gasteiger partial charge in [-0.15, -0.1) is 10.2 Å². The number of carbonyl (C=O) groups is 1. The van der Waals surface area contributed by atoms with Crippen LogP contribution >= 0.6 is 23.2 Å². The van der Waals surface area contributed by atoms with Crippen LogP contribution in [0.3, 0.4) is 0 Å². The van der Waals surface area contributed by atoms with Crippen molar-refractivity contribution in [2.45, 2.75) is 12.8 Å². The molecule has 2 aromatic carbocycles. The summed E-state index contributed by atoms with van der Waals surface area (Å²) in [6.45, 7) is 1.49. The van der Waals surface area contributed by atoms with Crippen LogP contribution in [0.2, 0.25) is 10.0 Å². The number of aromatic nitrogens is 2. The van der Waals surface area contributed by atoms with Gasteiger partial charge < -0.3 is 15.0 Å². The predicted octanol–water partition coefficient (Wildman–Crippen LogP) is 5.31. The predicted molar refractivity (Wildman–Crippen MR) is 124 cm³/mol. The van der Waals surface area contributed by atoms with E-state index in [9.17, 15) is 4.79 Å². The van der Waals surface area contributed by atoms with Gasteiger partial charge in [0.2, 0.25) is 5.91 Å². The fraction of sp³-hybridized carbons (Fsp3) is 0.261. The number of nitrogens with zero attached hydrogens (tertiary/aromatic N) is 3. The molecule has 3 aromatic rings. The summed E-state index contributed by atoms with van der Waals surface area (Å²) in [4.78, 5) is 14.8. The average molecular weight is 457 g/mol. The van der Waals surface area contributed by atoms with Crippen LogP contribution in [0.25, 0.3) is 11.3 Å². The summed E-state index contributed by atoms with van der Waals surface area (Å²) in [7, 11) is 1.64. The summed E-state index contributed by atoms with van der Waals surface area (Å²) in [5.41, 5.74) is 2.45. The molecular weight excluding hydrogens is 435 g/mol. The molecule has 8 heteroatoms. The number of methoxy groups -OCH3 is 1.